The van der Waals surface area contributed by atoms with E-state index in [1.807, 2.05) is 0 Å². The minimum absolute atomic E-state index is 0.134. The standard InChI is InChI=1S/C18H24S/c1-2-7-16(6-1)8-5-9-17-10-12-18(13-11-17)19-14-3-4-15-19/h3-4,10-16,19H,1-2,5-9H2. The smallest absolute Gasteiger partial charge is 0.00550 e. The average molecular weight is 272 g/mol. The highest BCUT2D eigenvalue weighted by atomic mass is 32.2. The molecule has 1 aliphatic heterocycles. The Balaban J connectivity index is 1.48. The van der Waals surface area contributed by atoms with Gasteiger partial charge in [0.05, 0.1) is 0 Å². The second-order valence-corrected chi connectivity index (χ2v) is 7.73. The SMILES string of the molecule is C1=C[SH](c2ccc(CCCC3CCCC3)cc2)C=C1. The molecule has 0 atom stereocenters. The quantitative estimate of drug-likeness (QED) is 0.663. The van der Waals surface area contributed by atoms with Crippen LogP contribution in [0.2, 0.25) is 0 Å². The van der Waals surface area contributed by atoms with Crippen LogP contribution in [0.25, 0.3) is 0 Å². The molecule has 19 heavy (non-hydrogen) atoms. The van der Waals surface area contributed by atoms with Crippen molar-refractivity contribution in [3.8, 4) is 0 Å². The number of thiol groups is 1. The fourth-order valence-corrected chi connectivity index (χ4v) is 4.74. The van der Waals surface area contributed by atoms with E-state index in [0.717, 1.165) is 5.92 Å². The molecule has 0 spiro atoms. The molecule has 1 fully saturated rings. The molecular formula is C18H24S. The van der Waals surface area contributed by atoms with Crippen LogP contribution in [0.3, 0.4) is 0 Å². The Morgan fingerprint density at radius 1 is 0.947 bits per heavy atom. The van der Waals surface area contributed by atoms with E-state index >= 15 is 0 Å². The van der Waals surface area contributed by atoms with Crippen molar-refractivity contribution in [3.63, 3.8) is 0 Å². The maximum absolute atomic E-state index is 2.34. The second kappa shape index (κ2) is 6.47. The Bertz CT molecular complexity index is 437. The molecule has 0 amide bonds. The van der Waals surface area contributed by atoms with Gasteiger partial charge in [0.1, 0.15) is 0 Å². The van der Waals surface area contributed by atoms with Crippen molar-refractivity contribution in [2.75, 3.05) is 0 Å². The summed E-state index contributed by atoms with van der Waals surface area (Å²) in [4.78, 5) is 1.49. The van der Waals surface area contributed by atoms with Crippen LogP contribution < -0.4 is 0 Å². The molecule has 1 saturated carbocycles. The fourth-order valence-electron chi connectivity index (χ4n) is 3.24. The lowest BCUT2D eigenvalue weighted by molar-refractivity contribution is 0.484. The molecule has 0 bridgehead atoms. The lowest BCUT2D eigenvalue weighted by Crippen LogP contribution is -1.94. The summed E-state index contributed by atoms with van der Waals surface area (Å²) in [5, 5.41) is 4.65. The molecule has 1 heteroatoms. The van der Waals surface area contributed by atoms with Crippen molar-refractivity contribution in [1.29, 1.82) is 0 Å². The van der Waals surface area contributed by atoms with Gasteiger partial charge in [-0.1, -0.05) is 56.4 Å². The molecular weight excluding hydrogens is 248 g/mol. The van der Waals surface area contributed by atoms with E-state index in [1.165, 1.54) is 55.4 Å². The van der Waals surface area contributed by atoms with Gasteiger partial charge in [0.15, 0.2) is 0 Å². The second-order valence-electron chi connectivity index (χ2n) is 5.80. The maximum atomic E-state index is 2.34. The van der Waals surface area contributed by atoms with Crippen LogP contribution in [0.1, 0.15) is 44.1 Å². The van der Waals surface area contributed by atoms with Gasteiger partial charge in [-0.2, -0.15) is 10.9 Å². The third-order valence-electron chi connectivity index (χ3n) is 4.39. The van der Waals surface area contributed by atoms with Gasteiger partial charge in [-0.15, -0.1) is 0 Å². The largest absolute Gasteiger partial charge is 0.186 e. The third kappa shape index (κ3) is 3.54. The summed E-state index contributed by atoms with van der Waals surface area (Å²) >= 11 is 0. The lowest BCUT2D eigenvalue weighted by atomic mass is 9.98. The van der Waals surface area contributed by atoms with Gasteiger partial charge in [0.2, 0.25) is 0 Å². The van der Waals surface area contributed by atoms with Crippen molar-refractivity contribution in [2.45, 2.75) is 49.8 Å². The van der Waals surface area contributed by atoms with Crippen molar-refractivity contribution in [3.05, 3.63) is 52.8 Å². The topological polar surface area (TPSA) is 0 Å². The van der Waals surface area contributed by atoms with Gasteiger partial charge in [-0.05, 0) is 52.2 Å². The predicted octanol–water partition coefficient (Wildman–Crippen LogP) is 5.60. The molecule has 102 valence electrons. The molecule has 2 aliphatic rings. The monoisotopic (exact) mass is 272 g/mol. The summed E-state index contributed by atoms with van der Waals surface area (Å²) < 4.78 is 0. The lowest BCUT2D eigenvalue weighted by Gasteiger charge is -2.12. The first-order valence-corrected chi connectivity index (χ1v) is 9.12. The minimum atomic E-state index is -0.134. The van der Waals surface area contributed by atoms with E-state index in [0.29, 0.717) is 0 Å². The highest BCUT2D eigenvalue weighted by Gasteiger charge is 2.14. The van der Waals surface area contributed by atoms with Gasteiger partial charge in [0, 0.05) is 0 Å². The zero-order valence-corrected chi connectivity index (χ0v) is 12.5. The van der Waals surface area contributed by atoms with Gasteiger partial charge in [0.25, 0.3) is 0 Å². The summed E-state index contributed by atoms with van der Waals surface area (Å²) in [5.74, 6) is 1.04. The van der Waals surface area contributed by atoms with Crippen molar-refractivity contribution >= 4 is 10.9 Å². The van der Waals surface area contributed by atoms with Crippen molar-refractivity contribution in [2.24, 2.45) is 5.92 Å². The van der Waals surface area contributed by atoms with E-state index in [9.17, 15) is 0 Å². The van der Waals surface area contributed by atoms with Crippen molar-refractivity contribution < 1.29 is 0 Å². The van der Waals surface area contributed by atoms with Crippen LogP contribution in [0.4, 0.5) is 0 Å². The van der Waals surface area contributed by atoms with E-state index in [1.54, 1.807) is 0 Å². The van der Waals surface area contributed by atoms with Gasteiger partial charge >= 0.3 is 0 Å². The number of aryl methyl sites for hydroxylation is 1. The molecule has 0 radical (unpaired) electrons. The molecule has 0 nitrogen and oxygen atoms in total. The molecule has 0 saturated heterocycles. The highest BCUT2D eigenvalue weighted by Crippen LogP contribution is 2.41. The molecule has 1 aliphatic carbocycles. The third-order valence-corrected chi connectivity index (χ3v) is 6.27. The van der Waals surface area contributed by atoms with Crippen LogP contribution in [0, 0.1) is 5.92 Å². The number of hydrogen-bond acceptors (Lipinski definition) is 0. The molecule has 1 heterocycles. The first-order valence-electron chi connectivity index (χ1n) is 7.64. The number of allylic oxidation sites excluding steroid dienone is 2. The maximum Gasteiger partial charge on any atom is -0.00550 e. The minimum Gasteiger partial charge on any atom is -0.186 e. The average Bonchev–Trinajstić information content (AvgIpc) is 3.13. The Morgan fingerprint density at radius 3 is 2.32 bits per heavy atom. The molecule has 0 N–H and O–H groups in total. The molecule has 3 rings (SSSR count). The van der Waals surface area contributed by atoms with Crippen molar-refractivity contribution in [1.82, 2.24) is 0 Å². The van der Waals surface area contributed by atoms with Crippen LogP contribution in [0.5, 0.6) is 0 Å². The van der Waals surface area contributed by atoms with E-state index in [2.05, 4.69) is 47.2 Å². The Labute approximate surface area is 120 Å². The van der Waals surface area contributed by atoms with E-state index in [4.69, 9.17) is 0 Å². The molecule has 0 unspecified atom stereocenters. The Kier molecular flexibility index (Phi) is 4.45. The number of hydrogen-bond donors (Lipinski definition) is 1. The first-order chi connectivity index (χ1) is 9.42. The Morgan fingerprint density at radius 2 is 1.63 bits per heavy atom. The van der Waals surface area contributed by atoms with Gasteiger partial charge in [-0.25, -0.2) is 0 Å². The summed E-state index contributed by atoms with van der Waals surface area (Å²) in [6.07, 6.45) is 14.3. The zero-order chi connectivity index (χ0) is 12.9. The van der Waals surface area contributed by atoms with E-state index in [-0.39, 0.29) is 10.9 Å². The Hall–Kier alpha value is -0.950. The fraction of sp³-hybridized carbons (Fsp3) is 0.444. The van der Waals surface area contributed by atoms with Crippen LogP contribution in [-0.2, 0) is 6.42 Å². The normalized spacial score (nSPS) is 20.5. The van der Waals surface area contributed by atoms with Gasteiger partial charge in [-0.3, -0.25) is 0 Å². The summed E-state index contributed by atoms with van der Waals surface area (Å²) in [6.45, 7) is 0. The molecule has 0 aromatic heterocycles. The van der Waals surface area contributed by atoms with Gasteiger partial charge < -0.3 is 0 Å². The molecule has 1 aromatic carbocycles. The predicted molar refractivity (Wildman–Crippen MR) is 86.9 cm³/mol. The van der Waals surface area contributed by atoms with E-state index < -0.39 is 0 Å². The van der Waals surface area contributed by atoms with Crippen LogP contribution in [-0.4, -0.2) is 0 Å². The van der Waals surface area contributed by atoms with Crippen LogP contribution in [0.15, 0.2) is 52.1 Å². The van der Waals surface area contributed by atoms with Crippen LogP contribution >= 0.6 is 10.9 Å². The summed E-state index contributed by atoms with van der Waals surface area (Å²) in [7, 11) is -0.134. The first kappa shape index (κ1) is 13.1. The zero-order valence-electron chi connectivity index (χ0n) is 11.6. The summed E-state index contributed by atoms with van der Waals surface area (Å²) in [6, 6.07) is 9.34. The highest BCUT2D eigenvalue weighted by molar-refractivity contribution is 8.22. The number of benzene rings is 1. The summed E-state index contributed by atoms with van der Waals surface area (Å²) in [5.41, 5.74) is 1.52. The number of rotatable bonds is 5. The molecule has 1 aromatic rings.